The molecule has 8 nitrogen and oxygen atoms in total. The number of hydrogen-bond acceptors (Lipinski definition) is 6. The summed E-state index contributed by atoms with van der Waals surface area (Å²) in [6, 6.07) is 3.48. The molecular formula is C14H17N5O3. The van der Waals surface area contributed by atoms with Gasteiger partial charge < -0.3 is 8.94 Å². The van der Waals surface area contributed by atoms with Crippen LogP contribution in [-0.4, -0.2) is 24.5 Å². The van der Waals surface area contributed by atoms with E-state index < -0.39 is 0 Å². The van der Waals surface area contributed by atoms with Gasteiger partial charge in [0.25, 0.3) is 0 Å². The van der Waals surface area contributed by atoms with Gasteiger partial charge in [0.2, 0.25) is 11.7 Å². The van der Waals surface area contributed by atoms with Crippen LogP contribution in [0.1, 0.15) is 32.5 Å². The van der Waals surface area contributed by atoms with Gasteiger partial charge in [-0.15, -0.1) is 0 Å². The molecule has 3 aromatic rings. The van der Waals surface area contributed by atoms with E-state index in [0.717, 1.165) is 0 Å². The first kappa shape index (κ1) is 14.3. The zero-order chi connectivity index (χ0) is 15.9. The largest absolute Gasteiger partial charge is 0.461 e. The average Bonchev–Trinajstić information content (AvgIpc) is 3.13. The minimum atomic E-state index is -0.388. The standard InChI is InChI=1S/C14H17N5O3/c1-9-16-19(14(2,3)4)13(20)18(9)8-11-15-12(17-22-11)10-6-5-7-21-10/h5-7H,8H2,1-4H3. The number of nitrogens with zero attached hydrogens (tertiary/aromatic N) is 5. The fraction of sp³-hybridized carbons (Fsp3) is 0.429. The Morgan fingerprint density at radius 2 is 2.09 bits per heavy atom. The molecule has 0 bridgehead atoms. The molecule has 0 saturated carbocycles. The summed E-state index contributed by atoms with van der Waals surface area (Å²) in [5.74, 6) is 1.79. The van der Waals surface area contributed by atoms with Crippen molar-refractivity contribution in [2.75, 3.05) is 0 Å². The summed E-state index contributed by atoms with van der Waals surface area (Å²) in [6.07, 6.45) is 1.54. The van der Waals surface area contributed by atoms with Crippen molar-refractivity contribution in [1.82, 2.24) is 24.5 Å². The van der Waals surface area contributed by atoms with Crippen LogP contribution >= 0.6 is 0 Å². The third-order valence-corrected chi connectivity index (χ3v) is 3.19. The molecule has 0 aliphatic carbocycles. The molecule has 0 amide bonds. The lowest BCUT2D eigenvalue weighted by atomic mass is 10.1. The molecule has 22 heavy (non-hydrogen) atoms. The molecule has 0 N–H and O–H groups in total. The van der Waals surface area contributed by atoms with E-state index in [4.69, 9.17) is 8.94 Å². The maximum absolute atomic E-state index is 12.4. The van der Waals surface area contributed by atoms with Crippen molar-refractivity contribution in [3.63, 3.8) is 0 Å². The van der Waals surface area contributed by atoms with Gasteiger partial charge in [-0.05, 0) is 39.8 Å². The second-order valence-electron chi connectivity index (χ2n) is 5.99. The summed E-state index contributed by atoms with van der Waals surface area (Å²) in [7, 11) is 0. The van der Waals surface area contributed by atoms with Gasteiger partial charge in [-0.3, -0.25) is 4.57 Å². The second-order valence-corrected chi connectivity index (χ2v) is 5.99. The first-order valence-corrected chi connectivity index (χ1v) is 6.89. The van der Waals surface area contributed by atoms with Crippen LogP contribution in [0.3, 0.4) is 0 Å². The molecule has 0 unspecified atom stereocenters. The second kappa shape index (κ2) is 4.97. The predicted octanol–water partition coefficient (Wildman–Crippen LogP) is 1.80. The molecule has 3 rings (SSSR count). The Kier molecular flexibility index (Phi) is 3.23. The Bertz CT molecular complexity index is 833. The highest BCUT2D eigenvalue weighted by atomic mass is 16.5. The van der Waals surface area contributed by atoms with E-state index in [1.54, 1.807) is 19.1 Å². The Hall–Kier alpha value is -2.64. The molecule has 3 aromatic heterocycles. The van der Waals surface area contributed by atoms with Gasteiger partial charge in [-0.1, -0.05) is 5.16 Å². The molecule has 0 aliphatic rings. The van der Waals surface area contributed by atoms with E-state index in [-0.39, 0.29) is 17.8 Å². The molecule has 0 radical (unpaired) electrons. The monoisotopic (exact) mass is 303 g/mol. The first-order valence-electron chi connectivity index (χ1n) is 6.89. The molecule has 0 atom stereocenters. The van der Waals surface area contributed by atoms with Crippen molar-refractivity contribution in [1.29, 1.82) is 0 Å². The fourth-order valence-electron chi connectivity index (χ4n) is 2.07. The van der Waals surface area contributed by atoms with Gasteiger partial charge >= 0.3 is 5.69 Å². The number of aryl methyl sites for hydroxylation is 1. The molecule has 8 heteroatoms. The van der Waals surface area contributed by atoms with E-state index in [1.165, 1.54) is 15.5 Å². The van der Waals surface area contributed by atoms with E-state index in [1.807, 2.05) is 20.8 Å². The van der Waals surface area contributed by atoms with Crippen LogP contribution < -0.4 is 5.69 Å². The lowest BCUT2D eigenvalue weighted by molar-refractivity contribution is 0.336. The predicted molar refractivity (Wildman–Crippen MR) is 77.3 cm³/mol. The third-order valence-electron chi connectivity index (χ3n) is 3.19. The zero-order valence-electron chi connectivity index (χ0n) is 12.9. The average molecular weight is 303 g/mol. The molecule has 116 valence electrons. The molecule has 0 saturated heterocycles. The number of rotatable bonds is 3. The Morgan fingerprint density at radius 1 is 1.32 bits per heavy atom. The summed E-state index contributed by atoms with van der Waals surface area (Å²) < 4.78 is 13.3. The van der Waals surface area contributed by atoms with Crippen LogP contribution in [0, 0.1) is 6.92 Å². The van der Waals surface area contributed by atoms with Crippen LogP contribution in [0.5, 0.6) is 0 Å². The molecule has 0 spiro atoms. The third kappa shape index (κ3) is 2.47. The first-order chi connectivity index (χ1) is 10.4. The van der Waals surface area contributed by atoms with Crippen LogP contribution in [0.15, 0.2) is 32.1 Å². The van der Waals surface area contributed by atoms with Crippen molar-refractivity contribution in [2.45, 2.75) is 39.8 Å². The van der Waals surface area contributed by atoms with E-state index in [2.05, 4.69) is 15.2 Å². The van der Waals surface area contributed by atoms with E-state index >= 15 is 0 Å². The Labute approximate surface area is 126 Å². The van der Waals surface area contributed by atoms with Gasteiger partial charge in [0.15, 0.2) is 5.76 Å². The topological polar surface area (TPSA) is 91.9 Å². The zero-order valence-corrected chi connectivity index (χ0v) is 12.9. The smallest absolute Gasteiger partial charge is 0.346 e. The van der Waals surface area contributed by atoms with Crippen LogP contribution in [0.2, 0.25) is 0 Å². The van der Waals surface area contributed by atoms with Gasteiger partial charge in [0.1, 0.15) is 12.4 Å². The fourth-order valence-corrected chi connectivity index (χ4v) is 2.07. The summed E-state index contributed by atoms with van der Waals surface area (Å²) in [4.78, 5) is 16.7. The number of hydrogen-bond donors (Lipinski definition) is 0. The Morgan fingerprint density at radius 3 is 2.68 bits per heavy atom. The summed E-state index contributed by atoms with van der Waals surface area (Å²) in [5, 5.41) is 8.14. The summed E-state index contributed by atoms with van der Waals surface area (Å²) >= 11 is 0. The van der Waals surface area contributed by atoms with Crippen molar-refractivity contribution in [3.05, 3.63) is 40.6 Å². The highest BCUT2D eigenvalue weighted by Crippen LogP contribution is 2.16. The summed E-state index contributed by atoms with van der Waals surface area (Å²) in [6.45, 7) is 7.72. The van der Waals surface area contributed by atoms with Crippen molar-refractivity contribution in [3.8, 4) is 11.6 Å². The van der Waals surface area contributed by atoms with Crippen molar-refractivity contribution < 1.29 is 8.94 Å². The van der Waals surface area contributed by atoms with Crippen molar-refractivity contribution in [2.24, 2.45) is 0 Å². The lowest BCUT2D eigenvalue weighted by Gasteiger charge is -2.16. The van der Waals surface area contributed by atoms with E-state index in [9.17, 15) is 4.79 Å². The quantitative estimate of drug-likeness (QED) is 0.732. The summed E-state index contributed by atoms with van der Waals surface area (Å²) in [5.41, 5.74) is -0.593. The Balaban J connectivity index is 1.91. The molecule has 0 aliphatic heterocycles. The van der Waals surface area contributed by atoms with E-state index in [0.29, 0.717) is 23.3 Å². The molecular weight excluding hydrogens is 286 g/mol. The minimum absolute atomic E-state index is 0.175. The molecule has 0 aromatic carbocycles. The van der Waals surface area contributed by atoms with Gasteiger partial charge in [-0.2, -0.15) is 10.1 Å². The van der Waals surface area contributed by atoms with Gasteiger partial charge in [0.05, 0.1) is 11.8 Å². The highest BCUT2D eigenvalue weighted by molar-refractivity contribution is 5.44. The van der Waals surface area contributed by atoms with Gasteiger partial charge in [-0.25, -0.2) is 9.48 Å². The maximum Gasteiger partial charge on any atom is 0.346 e. The number of furan rings is 1. The van der Waals surface area contributed by atoms with Crippen LogP contribution in [0.4, 0.5) is 0 Å². The van der Waals surface area contributed by atoms with Gasteiger partial charge in [0, 0.05) is 0 Å². The van der Waals surface area contributed by atoms with Crippen LogP contribution in [0.25, 0.3) is 11.6 Å². The minimum Gasteiger partial charge on any atom is -0.461 e. The molecule has 0 fully saturated rings. The SMILES string of the molecule is Cc1nn(C(C)(C)C)c(=O)n1Cc1nc(-c2ccco2)no1. The normalized spacial score (nSPS) is 12.0. The highest BCUT2D eigenvalue weighted by Gasteiger charge is 2.22. The lowest BCUT2D eigenvalue weighted by Crippen LogP contribution is -2.36. The van der Waals surface area contributed by atoms with Crippen molar-refractivity contribution >= 4 is 0 Å². The maximum atomic E-state index is 12.4. The molecule has 3 heterocycles. The number of aromatic nitrogens is 5. The van der Waals surface area contributed by atoms with Crippen LogP contribution in [-0.2, 0) is 12.1 Å².